The summed E-state index contributed by atoms with van der Waals surface area (Å²) in [5.74, 6) is -1.03. The number of amides is 1. The van der Waals surface area contributed by atoms with Crippen molar-refractivity contribution < 1.29 is 23.1 Å². The minimum absolute atomic E-state index is 0.0392. The van der Waals surface area contributed by atoms with Crippen LogP contribution in [0.1, 0.15) is 51.4 Å². The van der Waals surface area contributed by atoms with Crippen LogP contribution in [0.25, 0.3) is 0 Å². The summed E-state index contributed by atoms with van der Waals surface area (Å²) in [6.45, 7) is 0.149. The Morgan fingerprint density at radius 3 is 2.14 bits per heavy atom. The van der Waals surface area contributed by atoms with Gasteiger partial charge in [-0.1, -0.05) is 19.3 Å². The van der Waals surface area contributed by atoms with Crippen LogP contribution < -0.4 is 5.32 Å². The topological polar surface area (TPSA) is 101 Å². The molecule has 2 rings (SSSR count). The van der Waals surface area contributed by atoms with Crippen LogP contribution in [0.3, 0.4) is 0 Å². The van der Waals surface area contributed by atoms with Gasteiger partial charge in [0.2, 0.25) is 5.91 Å². The van der Waals surface area contributed by atoms with Crippen LogP contribution in [0.2, 0.25) is 0 Å². The van der Waals surface area contributed by atoms with Crippen LogP contribution in [0.4, 0.5) is 0 Å². The van der Waals surface area contributed by atoms with Crippen molar-refractivity contribution in [3.8, 4) is 0 Å². The van der Waals surface area contributed by atoms with E-state index in [1.165, 1.54) is 6.26 Å². The number of carbonyl (C=O) groups is 2. The Morgan fingerprint density at radius 2 is 1.68 bits per heavy atom. The van der Waals surface area contributed by atoms with Crippen molar-refractivity contribution in [2.45, 2.75) is 51.4 Å². The highest BCUT2D eigenvalue weighted by Gasteiger charge is 2.47. The van der Waals surface area contributed by atoms with Crippen molar-refractivity contribution in [1.82, 2.24) is 5.32 Å². The minimum Gasteiger partial charge on any atom is -0.481 e. The summed E-state index contributed by atoms with van der Waals surface area (Å²) in [4.78, 5) is 23.6. The van der Waals surface area contributed by atoms with E-state index >= 15 is 0 Å². The van der Waals surface area contributed by atoms with Crippen molar-refractivity contribution in [3.63, 3.8) is 0 Å². The lowest BCUT2D eigenvalue weighted by Gasteiger charge is -2.33. The normalized spacial score (nSPS) is 22.8. The first kappa shape index (κ1) is 17.2. The second-order valence-corrected chi connectivity index (χ2v) is 9.31. The van der Waals surface area contributed by atoms with Crippen LogP contribution in [0.15, 0.2) is 0 Å². The number of hydrogen-bond acceptors (Lipinski definition) is 4. The summed E-state index contributed by atoms with van der Waals surface area (Å²) in [7, 11) is -3.10. The molecule has 7 heteroatoms. The standard InChI is InChI=1S/C15H25NO5S/c1-22(20,21)11-14(7-8-14)9-12(17)16-10-15(13(18)19)5-3-2-4-6-15/h2-11H2,1H3,(H,16,17)(H,18,19). The van der Waals surface area contributed by atoms with Gasteiger partial charge >= 0.3 is 5.97 Å². The third-order valence-corrected chi connectivity index (χ3v) is 6.09. The second kappa shape index (κ2) is 6.18. The van der Waals surface area contributed by atoms with Gasteiger partial charge in [0.25, 0.3) is 0 Å². The zero-order chi connectivity index (χ0) is 16.4. The van der Waals surface area contributed by atoms with Crippen molar-refractivity contribution in [1.29, 1.82) is 0 Å². The van der Waals surface area contributed by atoms with E-state index in [0.717, 1.165) is 32.1 Å². The summed E-state index contributed by atoms with van der Waals surface area (Å²) < 4.78 is 22.8. The number of carboxylic acids is 1. The zero-order valence-electron chi connectivity index (χ0n) is 13.1. The van der Waals surface area contributed by atoms with Crippen molar-refractivity contribution in [2.24, 2.45) is 10.8 Å². The lowest BCUT2D eigenvalue weighted by atomic mass is 9.74. The third-order valence-electron chi connectivity index (χ3n) is 4.95. The molecule has 2 saturated carbocycles. The summed E-state index contributed by atoms with van der Waals surface area (Å²) in [6, 6.07) is 0. The first-order chi connectivity index (χ1) is 10.2. The Labute approximate surface area is 131 Å². The molecule has 0 saturated heterocycles. The predicted molar refractivity (Wildman–Crippen MR) is 82.2 cm³/mol. The number of carboxylic acid groups (broad SMARTS) is 1. The molecular weight excluding hydrogens is 306 g/mol. The van der Waals surface area contributed by atoms with Gasteiger partial charge in [-0.3, -0.25) is 9.59 Å². The molecule has 22 heavy (non-hydrogen) atoms. The number of nitrogens with one attached hydrogen (secondary N) is 1. The van der Waals surface area contributed by atoms with E-state index in [1.54, 1.807) is 0 Å². The smallest absolute Gasteiger partial charge is 0.311 e. The maximum atomic E-state index is 12.1. The molecule has 0 radical (unpaired) electrons. The van der Waals surface area contributed by atoms with Crippen molar-refractivity contribution in [3.05, 3.63) is 0 Å². The maximum absolute atomic E-state index is 12.1. The number of carbonyl (C=O) groups excluding carboxylic acids is 1. The van der Waals surface area contributed by atoms with E-state index in [4.69, 9.17) is 0 Å². The molecule has 1 amide bonds. The Kier molecular flexibility index (Phi) is 4.84. The summed E-state index contributed by atoms with van der Waals surface area (Å²) in [5.41, 5.74) is -1.26. The van der Waals surface area contributed by atoms with E-state index in [2.05, 4.69) is 5.32 Å². The molecule has 0 heterocycles. The molecule has 0 atom stereocenters. The molecular formula is C15H25NO5S. The fraction of sp³-hybridized carbons (Fsp3) is 0.867. The van der Waals surface area contributed by atoms with Crippen LogP contribution in [0, 0.1) is 10.8 Å². The van der Waals surface area contributed by atoms with Gasteiger partial charge in [-0.25, -0.2) is 8.42 Å². The van der Waals surface area contributed by atoms with E-state index < -0.39 is 26.6 Å². The van der Waals surface area contributed by atoms with Gasteiger partial charge in [0, 0.05) is 19.2 Å². The van der Waals surface area contributed by atoms with Crippen LogP contribution >= 0.6 is 0 Å². The van der Waals surface area contributed by atoms with Crippen LogP contribution in [0.5, 0.6) is 0 Å². The highest BCUT2D eigenvalue weighted by molar-refractivity contribution is 7.90. The first-order valence-electron chi connectivity index (χ1n) is 7.84. The van der Waals surface area contributed by atoms with E-state index in [1.807, 2.05) is 0 Å². The highest BCUT2D eigenvalue weighted by Crippen LogP contribution is 2.49. The van der Waals surface area contributed by atoms with Gasteiger partial charge in [0.05, 0.1) is 11.2 Å². The summed E-state index contributed by atoms with van der Waals surface area (Å²) in [6.07, 6.45) is 6.84. The lowest BCUT2D eigenvalue weighted by molar-refractivity contribution is -0.151. The number of rotatable bonds is 7. The van der Waals surface area contributed by atoms with E-state index in [-0.39, 0.29) is 24.6 Å². The van der Waals surface area contributed by atoms with Crippen molar-refractivity contribution >= 4 is 21.7 Å². The Morgan fingerprint density at radius 1 is 1.09 bits per heavy atom. The van der Waals surface area contributed by atoms with Crippen molar-refractivity contribution in [2.75, 3.05) is 18.6 Å². The number of aliphatic carboxylic acids is 1. The molecule has 2 aliphatic rings. The summed E-state index contributed by atoms with van der Waals surface area (Å²) >= 11 is 0. The van der Waals surface area contributed by atoms with Gasteiger partial charge in [0.1, 0.15) is 9.84 Å². The largest absolute Gasteiger partial charge is 0.481 e. The Hall–Kier alpha value is -1.11. The van der Waals surface area contributed by atoms with Crippen LogP contribution in [-0.4, -0.2) is 44.0 Å². The molecule has 0 aromatic carbocycles. The van der Waals surface area contributed by atoms with E-state index in [9.17, 15) is 23.1 Å². The van der Waals surface area contributed by atoms with Gasteiger partial charge in [-0.05, 0) is 31.1 Å². The van der Waals surface area contributed by atoms with Gasteiger partial charge in [0.15, 0.2) is 0 Å². The Balaban J connectivity index is 1.88. The average molecular weight is 331 g/mol. The van der Waals surface area contributed by atoms with Gasteiger partial charge in [-0.15, -0.1) is 0 Å². The second-order valence-electron chi connectivity index (χ2n) is 7.17. The molecule has 6 nitrogen and oxygen atoms in total. The SMILES string of the molecule is CS(=O)(=O)CC1(CC(=O)NCC2(C(=O)O)CCCCC2)CC1. The minimum atomic E-state index is -3.10. The van der Waals surface area contributed by atoms with Gasteiger partial charge < -0.3 is 10.4 Å². The average Bonchev–Trinajstić information content (AvgIpc) is 3.14. The molecule has 0 aromatic heterocycles. The molecule has 126 valence electrons. The Bertz CT molecular complexity index is 544. The molecule has 0 aliphatic heterocycles. The highest BCUT2D eigenvalue weighted by atomic mass is 32.2. The third kappa shape index (κ3) is 4.44. The summed E-state index contributed by atoms with van der Waals surface area (Å²) in [5, 5.41) is 12.2. The molecule has 0 spiro atoms. The first-order valence-corrected chi connectivity index (χ1v) is 9.90. The van der Waals surface area contributed by atoms with Gasteiger partial charge in [-0.2, -0.15) is 0 Å². The zero-order valence-corrected chi connectivity index (χ0v) is 13.9. The quantitative estimate of drug-likeness (QED) is 0.733. The lowest BCUT2D eigenvalue weighted by Crippen LogP contribution is -2.44. The molecule has 2 aliphatic carbocycles. The monoisotopic (exact) mass is 331 g/mol. The molecule has 2 fully saturated rings. The predicted octanol–water partition coefficient (Wildman–Crippen LogP) is 1.35. The fourth-order valence-electron chi connectivity index (χ4n) is 3.47. The maximum Gasteiger partial charge on any atom is 0.311 e. The number of hydrogen-bond donors (Lipinski definition) is 2. The molecule has 0 bridgehead atoms. The molecule has 0 unspecified atom stereocenters. The van der Waals surface area contributed by atoms with E-state index in [0.29, 0.717) is 12.8 Å². The fourth-order valence-corrected chi connectivity index (χ4v) is 4.97. The number of sulfone groups is 1. The molecule has 0 aromatic rings. The van der Waals surface area contributed by atoms with Crippen LogP contribution in [-0.2, 0) is 19.4 Å². The molecule has 2 N–H and O–H groups in total.